The van der Waals surface area contributed by atoms with Crippen LogP contribution in [0.4, 0.5) is 0 Å². The van der Waals surface area contributed by atoms with Gasteiger partial charge in [0.05, 0.1) is 9.74 Å². The Morgan fingerprint density at radius 3 is 1.48 bits per heavy atom. The summed E-state index contributed by atoms with van der Waals surface area (Å²) in [5, 5.41) is 4.50. The third-order valence-corrected chi connectivity index (χ3v) is 14.0. The molecule has 3 aromatic rings. The van der Waals surface area contributed by atoms with E-state index in [9.17, 15) is 0 Å². The Kier molecular flexibility index (Phi) is 6.74. The van der Waals surface area contributed by atoms with Crippen LogP contribution in [-0.2, 0) is 0 Å². The lowest BCUT2D eigenvalue weighted by Gasteiger charge is -2.39. The molecule has 1 heterocycles. The number of benzene rings is 3. The van der Waals surface area contributed by atoms with Gasteiger partial charge >= 0.3 is 0 Å². The predicted octanol–water partition coefficient (Wildman–Crippen LogP) is 6.35. The van der Waals surface area contributed by atoms with Crippen molar-refractivity contribution in [2.75, 3.05) is 11.5 Å². The van der Waals surface area contributed by atoms with Crippen LogP contribution >= 0.6 is 30.8 Å². The monoisotopic (exact) mass is 437 g/mol. The maximum Gasteiger partial charge on any atom is 0.114 e. The van der Waals surface area contributed by atoms with E-state index in [1.807, 2.05) is 0 Å². The lowest BCUT2D eigenvalue weighted by Crippen LogP contribution is -2.40. The molecule has 4 rings (SSSR count). The molecule has 1 fully saturated rings. The van der Waals surface area contributed by atoms with Crippen molar-refractivity contribution >= 4 is 46.7 Å². The fraction of sp³-hybridized carbons (Fsp3) is 0.308. The van der Waals surface area contributed by atoms with Crippen LogP contribution in [0.5, 0.6) is 0 Å². The first-order valence-electron chi connectivity index (χ1n) is 10.5. The molecule has 0 aromatic heterocycles. The minimum Gasteiger partial charge on any atom is -0.144 e. The van der Waals surface area contributed by atoms with Crippen molar-refractivity contribution in [1.82, 2.24) is 0 Å². The Labute approximate surface area is 185 Å². The summed E-state index contributed by atoms with van der Waals surface area (Å²) in [6.07, 6.45) is 2.57. The average molecular weight is 438 g/mol. The van der Waals surface area contributed by atoms with E-state index in [0.29, 0.717) is 9.74 Å². The number of hydrogen-bond donors (Lipinski definition) is 0. The van der Waals surface area contributed by atoms with Gasteiger partial charge in [-0.1, -0.05) is 54.6 Å². The molecule has 150 valence electrons. The molecule has 29 heavy (non-hydrogen) atoms. The second kappa shape index (κ2) is 9.29. The fourth-order valence-electron chi connectivity index (χ4n) is 4.67. The number of hydrogen-bond acceptors (Lipinski definition) is 2. The highest BCUT2D eigenvalue weighted by Crippen LogP contribution is 2.63. The van der Waals surface area contributed by atoms with E-state index >= 15 is 0 Å². The Bertz CT molecular complexity index is 793. The Morgan fingerprint density at radius 2 is 1.10 bits per heavy atom. The fourth-order valence-corrected chi connectivity index (χ4v) is 13.1. The molecular weight excluding hydrogens is 407 g/mol. The van der Waals surface area contributed by atoms with Crippen LogP contribution < -0.4 is 15.9 Å². The van der Waals surface area contributed by atoms with Crippen molar-refractivity contribution in [3.63, 3.8) is 0 Å². The zero-order valence-electron chi connectivity index (χ0n) is 17.3. The third-order valence-electron chi connectivity index (χ3n) is 5.92. The van der Waals surface area contributed by atoms with Gasteiger partial charge in [0, 0.05) is 6.42 Å². The quantitative estimate of drug-likeness (QED) is 0.412. The average Bonchev–Trinajstić information content (AvgIpc) is 2.77. The van der Waals surface area contributed by atoms with Crippen LogP contribution in [0, 0.1) is 0 Å². The van der Waals surface area contributed by atoms with Gasteiger partial charge in [0.15, 0.2) is 0 Å². The van der Waals surface area contributed by atoms with Gasteiger partial charge in [0.25, 0.3) is 0 Å². The van der Waals surface area contributed by atoms with E-state index in [2.05, 4.69) is 128 Å². The van der Waals surface area contributed by atoms with E-state index in [0.717, 1.165) is 0 Å². The lowest BCUT2D eigenvalue weighted by atomic mass is 10.2. The van der Waals surface area contributed by atoms with Crippen molar-refractivity contribution in [2.45, 2.75) is 36.4 Å². The SMILES string of the molecule is CC(CC1(C)SCCCS1)[P+](c1ccccc1)(c1ccccc1)c1ccccc1. The Balaban J connectivity index is 1.90. The summed E-state index contributed by atoms with van der Waals surface area (Å²) in [6, 6.07) is 34.0. The second-order valence-corrected chi connectivity index (χ2v) is 15.3. The molecule has 0 aliphatic carbocycles. The van der Waals surface area contributed by atoms with Crippen molar-refractivity contribution in [3.05, 3.63) is 91.0 Å². The van der Waals surface area contributed by atoms with Gasteiger partial charge in [-0.3, -0.25) is 0 Å². The molecule has 0 spiro atoms. The second-order valence-electron chi connectivity index (χ2n) is 7.97. The number of thioether (sulfide) groups is 2. The Morgan fingerprint density at radius 1 is 0.724 bits per heavy atom. The van der Waals surface area contributed by atoms with Gasteiger partial charge < -0.3 is 0 Å². The first-order valence-corrected chi connectivity index (χ1v) is 14.3. The number of rotatable bonds is 6. The van der Waals surface area contributed by atoms with Crippen LogP contribution in [0.3, 0.4) is 0 Å². The molecule has 0 N–H and O–H groups in total. The van der Waals surface area contributed by atoms with E-state index in [1.54, 1.807) is 0 Å². The predicted molar refractivity (Wildman–Crippen MR) is 137 cm³/mol. The van der Waals surface area contributed by atoms with Gasteiger partial charge in [-0.2, -0.15) is 0 Å². The first kappa shape index (κ1) is 21.0. The molecule has 0 saturated carbocycles. The molecule has 1 atom stereocenters. The molecule has 0 radical (unpaired) electrons. The van der Waals surface area contributed by atoms with Gasteiger partial charge in [-0.15, -0.1) is 23.5 Å². The van der Waals surface area contributed by atoms with Crippen LogP contribution in [0.1, 0.15) is 26.7 Å². The molecule has 1 saturated heterocycles. The van der Waals surface area contributed by atoms with Crippen LogP contribution in [0.15, 0.2) is 91.0 Å². The highest BCUT2D eigenvalue weighted by atomic mass is 32.2. The van der Waals surface area contributed by atoms with Crippen molar-refractivity contribution < 1.29 is 0 Å². The van der Waals surface area contributed by atoms with Gasteiger partial charge in [0.1, 0.15) is 23.2 Å². The maximum atomic E-state index is 2.52. The molecule has 1 unspecified atom stereocenters. The first-order chi connectivity index (χ1) is 14.2. The minimum absolute atomic E-state index is 0.307. The van der Waals surface area contributed by atoms with Crippen molar-refractivity contribution in [1.29, 1.82) is 0 Å². The molecule has 0 amide bonds. The molecule has 3 heteroatoms. The summed E-state index contributed by atoms with van der Waals surface area (Å²) in [4.78, 5) is 0. The summed E-state index contributed by atoms with van der Waals surface area (Å²) in [5.41, 5.74) is 0.567. The Hall–Kier alpha value is -1.21. The maximum absolute atomic E-state index is 2.52. The summed E-state index contributed by atoms with van der Waals surface area (Å²) in [7, 11) is -1.78. The molecule has 3 aromatic carbocycles. The normalized spacial score (nSPS) is 17.6. The standard InChI is InChI=1S/C26H30PS2/c1-22(21-26(2)28-19-12-20-29-26)27(23-13-6-3-7-14-23,24-15-8-4-9-16-24)25-17-10-5-11-18-25/h3-11,13-18,22H,12,19-21H2,1-2H3/q+1. The van der Waals surface area contributed by atoms with Crippen LogP contribution in [0.2, 0.25) is 0 Å². The summed E-state index contributed by atoms with van der Waals surface area (Å²) >= 11 is 4.35. The van der Waals surface area contributed by atoms with E-state index in [-0.39, 0.29) is 0 Å². The minimum atomic E-state index is -1.78. The topological polar surface area (TPSA) is 0 Å². The van der Waals surface area contributed by atoms with E-state index in [1.165, 1.54) is 40.3 Å². The lowest BCUT2D eigenvalue weighted by molar-refractivity contribution is 0.746. The highest BCUT2D eigenvalue weighted by molar-refractivity contribution is 8.18. The summed E-state index contributed by atoms with van der Waals surface area (Å²) in [5.74, 6) is 2.59. The third kappa shape index (κ3) is 4.31. The van der Waals surface area contributed by atoms with E-state index < -0.39 is 7.26 Å². The molecule has 1 aliphatic heterocycles. The van der Waals surface area contributed by atoms with Crippen LogP contribution in [0.25, 0.3) is 0 Å². The summed E-state index contributed by atoms with van der Waals surface area (Å²) in [6.45, 7) is 5.00. The van der Waals surface area contributed by atoms with Crippen molar-refractivity contribution in [2.24, 2.45) is 0 Å². The summed E-state index contributed by atoms with van der Waals surface area (Å²) < 4.78 is 0.307. The van der Waals surface area contributed by atoms with Gasteiger partial charge in [-0.05, 0) is 68.2 Å². The van der Waals surface area contributed by atoms with Gasteiger partial charge in [-0.25, -0.2) is 0 Å². The molecule has 1 aliphatic rings. The smallest absolute Gasteiger partial charge is 0.114 e. The molecule has 0 nitrogen and oxygen atoms in total. The zero-order chi connectivity index (χ0) is 20.2. The van der Waals surface area contributed by atoms with Crippen LogP contribution in [-0.4, -0.2) is 21.2 Å². The highest BCUT2D eigenvalue weighted by Gasteiger charge is 2.52. The molecule has 0 bridgehead atoms. The molecular formula is C26H30PS2+. The zero-order valence-corrected chi connectivity index (χ0v) is 19.9. The van der Waals surface area contributed by atoms with Crippen molar-refractivity contribution in [3.8, 4) is 0 Å². The van der Waals surface area contributed by atoms with Gasteiger partial charge in [0.2, 0.25) is 0 Å². The van der Waals surface area contributed by atoms with E-state index in [4.69, 9.17) is 0 Å². The largest absolute Gasteiger partial charge is 0.144 e.